The maximum absolute atomic E-state index is 11.7. The van der Waals surface area contributed by atoms with Crippen LogP contribution >= 0.6 is 11.6 Å². The summed E-state index contributed by atoms with van der Waals surface area (Å²) in [6, 6.07) is 6.46. The van der Waals surface area contributed by atoms with Crippen LogP contribution in [0.25, 0.3) is 0 Å². The van der Waals surface area contributed by atoms with Gasteiger partial charge in [0.25, 0.3) is 0 Å². The van der Waals surface area contributed by atoms with Gasteiger partial charge in [-0.2, -0.15) is 0 Å². The molecule has 0 atom stereocenters. The van der Waals surface area contributed by atoms with Crippen molar-refractivity contribution in [1.82, 2.24) is 9.97 Å². The first-order valence-corrected chi connectivity index (χ1v) is 5.48. The number of nitrogens with zero attached hydrogens (tertiary/aromatic N) is 2. The highest BCUT2D eigenvalue weighted by Crippen LogP contribution is 2.23. The lowest BCUT2D eigenvalue weighted by atomic mass is 10.3. The van der Waals surface area contributed by atoms with E-state index in [0.29, 0.717) is 0 Å². The van der Waals surface area contributed by atoms with E-state index < -0.39 is 11.9 Å². The molecule has 0 radical (unpaired) electrons. The number of esters is 1. The minimum atomic E-state index is -1.22. The number of para-hydroxylation sites is 1. The maximum atomic E-state index is 11.7. The summed E-state index contributed by atoms with van der Waals surface area (Å²) in [5.41, 5.74) is -0.362. The van der Waals surface area contributed by atoms with Gasteiger partial charge in [0.2, 0.25) is 0 Å². The highest BCUT2D eigenvalue weighted by atomic mass is 35.5. The number of carbonyl (C=O) groups is 2. The first-order valence-electron chi connectivity index (χ1n) is 5.10. The molecule has 0 unspecified atom stereocenters. The van der Waals surface area contributed by atoms with Crippen molar-refractivity contribution in [3.63, 3.8) is 0 Å². The molecule has 0 aliphatic heterocycles. The second-order valence-electron chi connectivity index (χ2n) is 3.41. The Bertz CT molecular complexity index is 628. The number of aromatic carboxylic acids is 1. The monoisotopic (exact) mass is 278 g/mol. The highest BCUT2D eigenvalue weighted by Gasteiger charge is 2.14. The van der Waals surface area contributed by atoms with Gasteiger partial charge in [-0.05, 0) is 12.1 Å². The van der Waals surface area contributed by atoms with Crippen LogP contribution in [-0.4, -0.2) is 27.0 Å². The number of halogens is 1. The zero-order valence-corrected chi connectivity index (χ0v) is 10.2. The number of hydrogen-bond donors (Lipinski definition) is 1. The number of carboxylic acids is 1. The number of carbonyl (C=O) groups excluding carboxylic acids is 1. The molecule has 0 spiro atoms. The van der Waals surface area contributed by atoms with Gasteiger partial charge in [-0.3, -0.25) is 0 Å². The van der Waals surface area contributed by atoms with Gasteiger partial charge in [0.15, 0.2) is 11.4 Å². The van der Waals surface area contributed by atoms with Crippen LogP contribution in [0.1, 0.15) is 21.0 Å². The molecule has 1 heterocycles. The molecule has 0 saturated carbocycles. The molecule has 6 nitrogen and oxygen atoms in total. The summed E-state index contributed by atoms with van der Waals surface area (Å²) in [5.74, 6) is -1.80. The van der Waals surface area contributed by atoms with Crippen LogP contribution in [0.3, 0.4) is 0 Å². The standard InChI is InChI=1S/C12H7ClN2O4/c13-7-3-1-2-4-10(7)19-12(18)9-6-14-8(5-15-9)11(16)17/h1-6H,(H,16,17). The Labute approximate surface area is 112 Å². The lowest BCUT2D eigenvalue weighted by molar-refractivity contribution is 0.0682. The summed E-state index contributed by atoms with van der Waals surface area (Å²) in [5, 5.41) is 8.93. The van der Waals surface area contributed by atoms with Crippen molar-refractivity contribution >= 4 is 23.5 Å². The molecule has 1 aromatic carbocycles. The number of ether oxygens (including phenoxy) is 1. The fraction of sp³-hybridized carbons (Fsp3) is 0. The van der Waals surface area contributed by atoms with Gasteiger partial charge < -0.3 is 9.84 Å². The first-order chi connectivity index (χ1) is 9.08. The van der Waals surface area contributed by atoms with Gasteiger partial charge in [-0.25, -0.2) is 19.6 Å². The third-order valence-electron chi connectivity index (χ3n) is 2.12. The van der Waals surface area contributed by atoms with Gasteiger partial charge in [-0.1, -0.05) is 23.7 Å². The summed E-state index contributed by atoms with van der Waals surface area (Å²) in [4.78, 5) is 29.5. The fourth-order valence-electron chi connectivity index (χ4n) is 1.22. The van der Waals surface area contributed by atoms with Crippen molar-refractivity contribution in [2.45, 2.75) is 0 Å². The normalized spacial score (nSPS) is 9.95. The predicted molar refractivity (Wildman–Crippen MR) is 65.4 cm³/mol. The Morgan fingerprint density at radius 1 is 1.11 bits per heavy atom. The maximum Gasteiger partial charge on any atom is 0.363 e. The molecule has 0 fully saturated rings. The largest absolute Gasteiger partial charge is 0.476 e. The molecular formula is C12H7ClN2O4. The van der Waals surface area contributed by atoms with E-state index in [0.717, 1.165) is 12.4 Å². The molecular weight excluding hydrogens is 272 g/mol. The topological polar surface area (TPSA) is 89.4 Å². The predicted octanol–water partition coefficient (Wildman–Crippen LogP) is 2.05. The summed E-state index contributed by atoms with van der Waals surface area (Å²) < 4.78 is 5.01. The van der Waals surface area contributed by atoms with E-state index in [1.165, 1.54) is 6.07 Å². The minimum Gasteiger partial charge on any atom is -0.476 e. The second-order valence-corrected chi connectivity index (χ2v) is 3.82. The van der Waals surface area contributed by atoms with Crippen molar-refractivity contribution in [2.75, 3.05) is 0 Å². The fourth-order valence-corrected chi connectivity index (χ4v) is 1.40. The zero-order valence-electron chi connectivity index (χ0n) is 9.41. The van der Waals surface area contributed by atoms with Crippen molar-refractivity contribution in [3.05, 3.63) is 53.1 Å². The van der Waals surface area contributed by atoms with E-state index in [1.54, 1.807) is 18.2 Å². The van der Waals surface area contributed by atoms with E-state index in [-0.39, 0.29) is 22.2 Å². The molecule has 0 saturated heterocycles. The lowest BCUT2D eigenvalue weighted by Crippen LogP contribution is -2.12. The smallest absolute Gasteiger partial charge is 0.363 e. The Balaban J connectivity index is 2.16. The van der Waals surface area contributed by atoms with Crippen LogP contribution < -0.4 is 4.74 Å². The molecule has 2 aromatic rings. The lowest BCUT2D eigenvalue weighted by Gasteiger charge is -2.04. The Morgan fingerprint density at radius 2 is 1.74 bits per heavy atom. The summed E-state index contributed by atoms with van der Waals surface area (Å²) in [6.07, 6.45) is 2.01. The number of benzene rings is 1. The minimum absolute atomic E-state index is 0.107. The molecule has 96 valence electrons. The quantitative estimate of drug-likeness (QED) is 0.683. The van der Waals surface area contributed by atoms with Crippen LogP contribution in [0.15, 0.2) is 36.7 Å². The van der Waals surface area contributed by atoms with Crippen LogP contribution in [0.4, 0.5) is 0 Å². The molecule has 0 bridgehead atoms. The summed E-state index contributed by atoms with van der Waals surface area (Å²) in [7, 11) is 0. The molecule has 0 aliphatic carbocycles. The van der Waals surface area contributed by atoms with Crippen LogP contribution in [0.5, 0.6) is 5.75 Å². The van der Waals surface area contributed by atoms with Crippen molar-refractivity contribution in [1.29, 1.82) is 0 Å². The molecule has 0 amide bonds. The van der Waals surface area contributed by atoms with Crippen molar-refractivity contribution < 1.29 is 19.4 Å². The van der Waals surface area contributed by atoms with Crippen molar-refractivity contribution in [3.8, 4) is 5.75 Å². The third kappa shape index (κ3) is 3.05. The van der Waals surface area contributed by atoms with E-state index in [4.69, 9.17) is 21.4 Å². The van der Waals surface area contributed by atoms with E-state index in [1.807, 2.05) is 0 Å². The number of aromatic nitrogens is 2. The molecule has 1 N–H and O–H groups in total. The Kier molecular flexibility index (Phi) is 3.72. The number of carboxylic acid groups (broad SMARTS) is 1. The third-order valence-corrected chi connectivity index (χ3v) is 2.43. The zero-order chi connectivity index (χ0) is 13.8. The molecule has 7 heteroatoms. The highest BCUT2D eigenvalue weighted by molar-refractivity contribution is 6.32. The van der Waals surface area contributed by atoms with E-state index in [9.17, 15) is 9.59 Å². The van der Waals surface area contributed by atoms with Gasteiger partial charge in [0.1, 0.15) is 5.75 Å². The molecule has 1 aromatic heterocycles. The van der Waals surface area contributed by atoms with Crippen LogP contribution in [-0.2, 0) is 0 Å². The number of hydrogen-bond acceptors (Lipinski definition) is 5. The first kappa shape index (κ1) is 13.0. The number of rotatable bonds is 3. The van der Waals surface area contributed by atoms with E-state index in [2.05, 4.69) is 9.97 Å². The SMILES string of the molecule is O=C(O)c1cnc(C(=O)Oc2ccccc2Cl)cn1. The summed E-state index contributed by atoms with van der Waals surface area (Å²) >= 11 is 5.83. The van der Waals surface area contributed by atoms with Gasteiger partial charge in [-0.15, -0.1) is 0 Å². The second kappa shape index (κ2) is 5.45. The van der Waals surface area contributed by atoms with Gasteiger partial charge in [0.05, 0.1) is 17.4 Å². The van der Waals surface area contributed by atoms with Crippen molar-refractivity contribution in [2.24, 2.45) is 0 Å². The van der Waals surface area contributed by atoms with Crippen LogP contribution in [0.2, 0.25) is 5.02 Å². The average molecular weight is 279 g/mol. The van der Waals surface area contributed by atoms with E-state index >= 15 is 0 Å². The summed E-state index contributed by atoms with van der Waals surface area (Å²) in [6.45, 7) is 0. The average Bonchev–Trinajstić information content (AvgIpc) is 2.41. The molecule has 19 heavy (non-hydrogen) atoms. The molecule has 2 rings (SSSR count). The van der Waals surface area contributed by atoms with Gasteiger partial charge in [0, 0.05) is 0 Å². The molecule has 0 aliphatic rings. The Morgan fingerprint density at radius 3 is 2.32 bits per heavy atom. The van der Waals surface area contributed by atoms with Gasteiger partial charge >= 0.3 is 11.9 Å². The van der Waals surface area contributed by atoms with Crippen LogP contribution in [0, 0.1) is 0 Å². The Hall–Kier alpha value is -2.47.